The number of nitrogens with one attached hydrogen (secondary N) is 2. The number of aldehydes is 1. The second-order valence-electron chi connectivity index (χ2n) is 7.68. The molecule has 2 aliphatic rings. The van der Waals surface area contributed by atoms with Gasteiger partial charge in [-0.15, -0.1) is 0 Å². The van der Waals surface area contributed by atoms with Crippen LogP contribution in [0.5, 0.6) is 0 Å². The van der Waals surface area contributed by atoms with Crippen molar-refractivity contribution < 1.29 is 42.9 Å². The van der Waals surface area contributed by atoms with E-state index in [0.29, 0.717) is 64.8 Å². The Labute approximate surface area is 202 Å². The second-order valence-corrected chi connectivity index (χ2v) is 7.68. The molecule has 3 rings (SSSR count). The van der Waals surface area contributed by atoms with Crippen LogP contribution in [0.25, 0.3) is 0 Å². The molecule has 1 aromatic rings. The second kappa shape index (κ2) is 13.6. The largest absolute Gasteiger partial charge is 0.382 e. The Balaban J connectivity index is 1.36. The molecule has 0 bridgehead atoms. The van der Waals surface area contributed by atoms with Crippen molar-refractivity contribution in [2.45, 2.75) is 18.9 Å². The highest BCUT2D eigenvalue weighted by atomic mass is 16.6. The maximum Gasteiger partial charge on any atom is 0.264 e. The van der Waals surface area contributed by atoms with Gasteiger partial charge in [-0.25, -0.2) is 0 Å². The van der Waals surface area contributed by atoms with Crippen molar-refractivity contribution in [3.8, 4) is 0 Å². The third-order valence-corrected chi connectivity index (χ3v) is 5.33. The van der Waals surface area contributed by atoms with Crippen LogP contribution >= 0.6 is 0 Å². The standard InChI is InChI=1S/C23H29N3O9/c27-7-9-33-11-13-35-15-14-34-12-10-32-8-6-24-17-3-1-2-16-20(17)23(31)26(22(16)30)18-4-5-19(28)25-21(18)29/h1-3,7,18,24H,4-6,8-15H2,(H,25,28,29). The zero-order valence-corrected chi connectivity index (χ0v) is 19.3. The number of anilines is 1. The summed E-state index contributed by atoms with van der Waals surface area (Å²) >= 11 is 0. The topological polar surface area (TPSA) is 150 Å². The van der Waals surface area contributed by atoms with Crippen LogP contribution in [0, 0.1) is 0 Å². The van der Waals surface area contributed by atoms with Gasteiger partial charge in [0, 0.05) is 18.7 Å². The molecule has 190 valence electrons. The molecule has 0 aromatic heterocycles. The normalized spacial score (nSPS) is 17.5. The first kappa shape index (κ1) is 26.4. The third-order valence-electron chi connectivity index (χ3n) is 5.33. The maximum absolute atomic E-state index is 13.0. The average molecular weight is 491 g/mol. The highest BCUT2D eigenvalue weighted by Gasteiger charge is 2.45. The van der Waals surface area contributed by atoms with Gasteiger partial charge in [-0.1, -0.05) is 6.07 Å². The Kier molecular flexibility index (Phi) is 10.3. The summed E-state index contributed by atoms with van der Waals surface area (Å²) < 4.78 is 21.1. The van der Waals surface area contributed by atoms with Crippen molar-refractivity contribution in [3.05, 3.63) is 29.3 Å². The summed E-state index contributed by atoms with van der Waals surface area (Å²) in [4.78, 5) is 60.5. The van der Waals surface area contributed by atoms with Crippen LogP contribution in [0.1, 0.15) is 33.6 Å². The zero-order chi connectivity index (χ0) is 25.0. The van der Waals surface area contributed by atoms with Crippen molar-refractivity contribution >= 4 is 35.6 Å². The van der Waals surface area contributed by atoms with E-state index in [-0.39, 0.29) is 30.6 Å². The van der Waals surface area contributed by atoms with Gasteiger partial charge in [0.1, 0.15) is 18.9 Å². The minimum Gasteiger partial charge on any atom is -0.382 e. The number of benzene rings is 1. The molecular weight excluding hydrogens is 462 g/mol. The number of ether oxygens (including phenoxy) is 4. The van der Waals surface area contributed by atoms with Crippen LogP contribution < -0.4 is 10.6 Å². The van der Waals surface area contributed by atoms with E-state index >= 15 is 0 Å². The fourth-order valence-corrected chi connectivity index (χ4v) is 3.71. The monoisotopic (exact) mass is 491 g/mol. The number of fused-ring (bicyclic) bond motifs is 1. The lowest BCUT2D eigenvalue weighted by atomic mass is 10.0. The number of hydrogen-bond donors (Lipinski definition) is 2. The number of carbonyl (C=O) groups is 5. The van der Waals surface area contributed by atoms with Gasteiger partial charge in [0.05, 0.1) is 57.4 Å². The lowest BCUT2D eigenvalue weighted by Crippen LogP contribution is -2.54. The summed E-state index contributed by atoms with van der Waals surface area (Å²) in [5, 5.41) is 5.29. The van der Waals surface area contributed by atoms with Gasteiger partial charge in [-0.2, -0.15) is 0 Å². The number of imide groups is 2. The Morgan fingerprint density at radius 3 is 2.23 bits per heavy atom. The van der Waals surface area contributed by atoms with E-state index in [1.54, 1.807) is 18.2 Å². The van der Waals surface area contributed by atoms with Crippen LogP contribution in [0.15, 0.2) is 18.2 Å². The number of hydrogen-bond acceptors (Lipinski definition) is 10. The van der Waals surface area contributed by atoms with E-state index < -0.39 is 29.7 Å². The number of rotatable bonds is 16. The van der Waals surface area contributed by atoms with Gasteiger partial charge < -0.3 is 29.1 Å². The fraction of sp³-hybridized carbons (Fsp3) is 0.522. The molecule has 0 spiro atoms. The zero-order valence-electron chi connectivity index (χ0n) is 19.3. The summed E-state index contributed by atoms with van der Waals surface area (Å²) in [6.07, 6.45) is 0.861. The first-order chi connectivity index (χ1) is 17.0. The molecule has 1 saturated heterocycles. The molecule has 0 saturated carbocycles. The van der Waals surface area contributed by atoms with E-state index in [0.717, 1.165) is 4.90 Å². The molecule has 1 aromatic carbocycles. The van der Waals surface area contributed by atoms with Crippen LogP contribution in [0.2, 0.25) is 0 Å². The van der Waals surface area contributed by atoms with Crippen molar-refractivity contribution in [2.75, 3.05) is 64.7 Å². The van der Waals surface area contributed by atoms with Crippen LogP contribution in [-0.4, -0.2) is 100 Å². The van der Waals surface area contributed by atoms with Gasteiger partial charge in [0.2, 0.25) is 11.8 Å². The van der Waals surface area contributed by atoms with Crippen molar-refractivity contribution in [2.24, 2.45) is 0 Å². The minimum atomic E-state index is -1.00. The fourth-order valence-electron chi connectivity index (χ4n) is 3.71. The van der Waals surface area contributed by atoms with E-state index in [9.17, 15) is 24.0 Å². The summed E-state index contributed by atoms with van der Waals surface area (Å²) in [6, 6.07) is 3.89. The number of amides is 4. The van der Waals surface area contributed by atoms with Crippen molar-refractivity contribution in [3.63, 3.8) is 0 Å². The Morgan fingerprint density at radius 1 is 0.914 bits per heavy atom. The molecule has 1 fully saturated rings. The molecule has 0 aliphatic carbocycles. The van der Waals surface area contributed by atoms with E-state index in [2.05, 4.69) is 10.6 Å². The van der Waals surface area contributed by atoms with Crippen molar-refractivity contribution in [1.82, 2.24) is 10.2 Å². The molecule has 12 heteroatoms. The highest BCUT2D eigenvalue weighted by molar-refractivity contribution is 6.25. The highest BCUT2D eigenvalue weighted by Crippen LogP contribution is 2.32. The summed E-state index contributed by atoms with van der Waals surface area (Å²) in [5.41, 5.74) is 0.906. The van der Waals surface area contributed by atoms with E-state index in [1.165, 1.54) is 0 Å². The van der Waals surface area contributed by atoms with E-state index in [1.807, 2.05) is 0 Å². The third kappa shape index (κ3) is 7.15. The first-order valence-electron chi connectivity index (χ1n) is 11.4. The van der Waals surface area contributed by atoms with Gasteiger partial charge >= 0.3 is 0 Å². The Morgan fingerprint density at radius 2 is 1.57 bits per heavy atom. The quantitative estimate of drug-likeness (QED) is 0.180. The SMILES string of the molecule is O=CCOCCOCCOCCOCCNc1cccc2c1C(=O)N(C1CCC(=O)NC1=O)C2=O. The maximum atomic E-state index is 13.0. The van der Waals surface area contributed by atoms with Crippen LogP contribution in [-0.2, 0) is 33.3 Å². The van der Waals surface area contributed by atoms with E-state index in [4.69, 9.17) is 18.9 Å². The molecular formula is C23H29N3O9. The van der Waals surface area contributed by atoms with Gasteiger partial charge in [-0.3, -0.25) is 29.4 Å². The molecule has 2 aliphatic heterocycles. The summed E-state index contributed by atoms with van der Waals surface area (Å²) in [5.74, 6) is -2.17. The number of carbonyl (C=O) groups excluding carboxylic acids is 5. The Bertz CT molecular complexity index is 937. The van der Waals surface area contributed by atoms with Crippen LogP contribution in [0.3, 0.4) is 0 Å². The molecule has 12 nitrogen and oxygen atoms in total. The summed E-state index contributed by atoms with van der Waals surface area (Å²) in [6.45, 7) is 3.12. The average Bonchev–Trinajstić information content (AvgIpc) is 3.10. The first-order valence-corrected chi connectivity index (χ1v) is 11.4. The van der Waals surface area contributed by atoms with Gasteiger partial charge in [0.25, 0.3) is 11.8 Å². The lowest BCUT2D eigenvalue weighted by Gasteiger charge is -2.27. The predicted molar refractivity (Wildman–Crippen MR) is 121 cm³/mol. The minimum absolute atomic E-state index is 0.0635. The van der Waals surface area contributed by atoms with Crippen LogP contribution in [0.4, 0.5) is 5.69 Å². The van der Waals surface area contributed by atoms with Gasteiger partial charge in [0.15, 0.2) is 0 Å². The molecule has 2 N–H and O–H groups in total. The van der Waals surface area contributed by atoms with Gasteiger partial charge in [-0.05, 0) is 18.6 Å². The number of nitrogens with zero attached hydrogens (tertiary/aromatic N) is 1. The van der Waals surface area contributed by atoms with Crippen molar-refractivity contribution in [1.29, 1.82) is 0 Å². The molecule has 1 atom stereocenters. The Hall–Kier alpha value is -3.19. The summed E-state index contributed by atoms with van der Waals surface area (Å²) in [7, 11) is 0. The molecule has 0 radical (unpaired) electrons. The molecule has 1 unspecified atom stereocenters. The molecule has 2 heterocycles. The molecule has 35 heavy (non-hydrogen) atoms. The molecule has 4 amide bonds. The predicted octanol–water partition coefficient (Wildman–Crippen LogP) is -0.235. The smallest absolute Gasteiger partial charge is 0.264 e. The number of piperidine rings is 1. The lowest BCUT2D eigenvalue weighted by molar-refractivity contribution is -0.136.